The standard InChI is InChI=1S/C37H66O6/c1-4-7-10-13-14-15-16-17-18-19-20-21-22-25-27-30-36(39)42-33-34(43-37(40)31-28-24-12-9-6-3)32-41-35(38)29-26-23-11-8-5-2/h14-15,17-18,34H,4-13,16,19-33H2,1-3H3/b15-14-,18-17-. The molecule has 0 bridgehead atoms. The van der Waals surface area contributed by atoms with Gasteiger partial charge < -0.3 is 14.2 Å². The molecule has 0 amide bonds. The monoisotopic (exact) mass is 606 g/mol. The summed E-state index contributed by atoms with van der Waals surface area (Å²) < 4.78 is 16.3. The van der Waals surface area contributed by atoms with Crippen LogP contribution in [0.5, 0.6) is 0 Å². The fourth-order valence-electron chi connectivity index (χ4n) is 4.70. The number of esters is 3. The predicted molar refractivity (Wildman–Crippen MR) is 178 cm³/mol. The molecule has 0 aromatic carbocycles. The smallest absolute Gasteiger partial charge is 0.306 e. The molecule has 0 heterocycles. The second kappa shape index (κ2) is 32.8. The third-order valence-corrected chi connectivity index (χ3v) is 7.46. The average Bonchev–Trinajstić information content (AvgIpc) is 3.00. The molecule has 0 radical (unpaired) electrons. The zero-order chi connectivity index (χ0) is 31.6. The van der Waals surface area contributed by atoms with Crippen molar-refractivity contribution in [2.45, 2.75) is 181 Å². The summed E-state index contributed by atoms with van der Waals surface area (Å²) in [6, 6.07) is 0. The first kappa shape index (κ1) is 40.9. The van der Waals surface area contributed by atoms with Crippen molar-refractivity contribution < 1.29 is 28.6 Å². The van der Waals surface area contributed by atoms with Gasteiger partial charge in [-0.2, -0.15) is 0 Å². The lowest BCUT2D eigenvalue weighted by molar-refractivity contribution is -0.167. The van der Waals surface area contributed by atoms with Gasteiger partial charge in [-0.25, -0.2) is 0 Å². The van der Waals surface area contributed by atoms with E-state index in [-0.39, 0.29) is 31.1 Å². The van der Waals surface area contributed by atoms with Crippen molar-refractivity contribution in [1.82, 2.24) is 0 Å². The van der Waals surface area contributed by atoms with Crippen LogP contribution in [0.3, 0.4) is 0 Å². The number of allylic oxidation sites excluding steroid dienone is 4. The van der Waals surface area contributed by atoms with Crippen LogP contribution in [0.4, 0.5) is 0 Å². The molecule has 0 aliphatic heterocycles. The number of rotatable bonds is 31. The SMILES string of the molecule is CCCCC/C=C\C/C=C\CCCCCCCC(=O)OCC(COC(=O)CCCCCCC)OC(=O)CCCCCCC. The van der Waals surface area contributed by atoms with Crippen molar-refractivity contribution >= 4 is 17.9 Å². The Morgan fingerprint density at radius 2 is 0.837 bits per heavy atom. The van der Waals surface area contributed by atoms with Gasteiger partial charge in [0.1, 0.15) is 13.2 Å². The van der Waals surface area contributed by atoms with Crippen molar-refractivity contribution in [1.29, 1.82) is 0 Å². The molecule has 0 aliphatic carbocycles. The van der Waals surface area contributed by atoms with Crippen molar-refractivity contribution in [2.24, 2.45) is 0 Å². The number of ether oxygens (including phenoxy) is 3. The van der Waals surface area contributed by atoms with Crippen LogP contribution in [0, 0.1) is 0 Å². The van der Waals surface area contributed by atoms with Crippen LogP contribution in [0.15, 0.2) is 24.3 Å². The van der Waals surface area contributed by atoms with Gasteiger partial charge in [-0.15, -0.1) is 0 Å². The lowest BCUT2D eigenvalue weighted by atomic mass is 10.1. The summed E-state index contributed by atoms with van der Waals surface area (Å²) in [5.74, 6) is -0.927. The fraction of sp³-hybridized carbons (Fsp3) is 0.811. The Bertz CT molecular complexity index is 714. The first-order valence-electron chi connectivity index (χ1n) is 17.8. The second-order valence-corrected chi connectivity index (χ2v) is 11.8. The highest BCUT2D eigenvalue weighted by molar-refractivity contribution is 5.71. The largest absolute Gasteiger partial charge is 0.462 e. The summed E-state index contributed by atoms with van der Waals surface area (Å²) in [5, 5.41) is 0. The minimum absolute atomic E-state index is 0.0770. The van der Waals surface area contributed by atoms with Crippen LogP contribution in [-0.4, -0.2) is 37.2 Å². The highest BCUT2D eigenvalue weighted by Crippen LogP contribution is 2.11. The summed E-state index contributed by atoms with van der Waals surface area (Å²) in [7, 11) is 0. The molecule has 0 aromatic heterocycles. The fourth-order valence-corrected chi connectivity index (χ4v) is 4.70. The first-order valence-corrected chi connectivity index (χ1v) is 17.8. The van der Waals surface area contributed by atoms with Gasteiger partial charge >= 0.3 is 17.9 Å². The van der Waals surface area contributed by atoms with E-state index in [1.165, 1.54) is 38.5 Å². The molecule has 0 saturated carbocycles. The first-order chi connectivity index (χ1) is 21.0. The molecule has 6 nitrogen and oxygen atoms in total. The summed E-state index contributed by atoms with van der Waals surface area (Å²) >= 11 is 0. The second-order valence-electron chi connectivity index (χ2n) is 11.8. The summed E-state index contributed by atoms with van der Waals surface area (Å²) in [6.07, 6.45) is 32.2. The molecular formula is C37H66O6. The van der Waals surface area contributed by atoms with E-state index in [1.807, 2.05) is 0 Å². The molecule has 0 aliphatic rings. The van der Waals surface area contributed by atoms with Crippen molar-refractivity contribution in [3.05, 3.63) is 24.3 Å². The molecular weight excluding hydrogens is 540 g/mol. The maximum Gasteiger partial charge on any atom is 0.306 e. The highest BCUT2D eigenvalue weighted by atomic mass is 16.6. The third-order valence-electron chi connectivity index (χ3n) is 7.46. The molecule has 0 fully saturated rings. The summed E-state index contributed by atoms with van der Waals surface area (Å²) in [4.78, 5) is 36.9. The zero-order valence-corrected chi connectivity index (χ0v) is 28.2. The van der Waals surface area contributed by atoms with E-state index in [0.29, 0.717) is 19.3 Å². The zero-order valence-electron chi connectivity index (χ0n) is 28.2. The molecule has 0 saturated heterocycles. The number of unbranched alkanes of at least 4 members (excludes halogenated alkanes) is 16. The van der Waals surface area contributed by atoms with Gasteiger partial charge in [0.25, 0.3) is 0 Å². The number of hydrogen-bond acceptors (Lipinski definition) is 6. The molecule has 0 spiro atoms. The number of carbonyl (C=O) groups is 3. The van der Waals surface area contributed by atoms with Gasteiger partial charge in [0.15, 0.2) is 6.10 Å². The maximum absolute atomic E-state index is 12.4. The van der Waals surface area contributed by atoms with E-state index >= 15 is 0 Å². The minimum atomic E-state index is -0.763. The lowest BCUT2D eigenvalue weighted by Crippen LogP contribution is -2.30. The van der Waals surface area contributed by atoms with Crippen LogP contribution < -0.4 is 0 Å². The molecule has 43 heavy (non-hydrogen) atoms. The lowest BCUT2D eigenvalue weighted by Gasteiger charge is -2.18. The van der Waals surface area contributed by atoms with Crippen molar-refractivity contribution in [3.63, 3.8) is 0 Å². The highest BCUT2D eigenvalue weighted by Gasteiger charge is 2.19. The molecule has 250 valence electrons. The van der Waals surface area contributed by atoms with Gasteiger partial charge in [-0.3, -0.25) is 14.4 Å². The van der Waals surface area contributed by atoms with Gasteiger partial charge in [0.2, 0.25) is 0 Å². The molecule has 0 rings (SSSR count). The average molecular weight is 607 g/mol. The van der Waals surface area contributed by atoms with Crippen molar-refractivity contribution in [3.8, 4) is 0 Å². The molecule has 1 unspecified atom stereocenters. The Hall–Kier alpha value is -2.11. The number of hydrogen-bond donors (Lipinski definition) is 0. The van der Waals surface area contributed by atoms with E-state index in [1.54, 1.807) is 0 Å². The summed E-state index contributed by atoms with van der Waals surface area (Å²) in [6.45, 7) is 6.39. The van der Waals surface area contributed by atoms with Gasteiger partial charge in [-0.1, -0.05) is 129 Å². The van der Waals surface area contributed by atoms with E-state index < -0.39 is 6.10 Å². The Labute approximate surface area is 264 Å². The third kappa shape index (κ3) is 31.1. The molecule has 1 atom stereocenters. The quantitative estimate of drug-likeness (QED) is 0.0338. The summed E-state index contributed by atoms with van der Waals surface area (Å²) in [5.41, 5.74) is 0. The van der Waals surface area contributed by atoms with Gasteiger partial charge in [0, 0.05) is 19.3 Å². The Morgan fingerprint density at radius 1 is 0.465 bits per heavy atom. The van der Waals surface area contributed by atoms with Crippen LogP contribution in [-0.2, 0) is 28.6 Å². The number of carbonyl (C=O) groups excluding carboxylic acids is 3. The molecule has 6 heteroatoms. The maximum atomic E-state index is 12.4. The van der Waals surface area contributed by atoms with E-state index in [4.69, 9.17) is 14.2 Å². The topological polar surface area (TPSA) is 78.9 Å². The Morgan fingerprint density at radius 3 is 1.33 bits per heavy atom. The van der Waals surface area contributed by atoms with Gasteiger partial charge in [-0.05, 0) is 51.4 Å². The van der Waals surface area contributed by atoms with Crippen LogP contribution in [0.2, 0.25) is 0 Å². The Balaban J connectivity index is 4.20. The van der Waals surface area contributed by atoms with E-state index in [9.17, 15) is 14.4 Å². The van der Waals surface area contributed by atoms with Gasteiger partial charge in [0.05, 0.1) is 0 Å². The van der Waals surface area contributed by atoms with E-state index in [0.717, 1.165) is 96.3 Å². The van der Waals surface area contributed by atoms with Crippen molar-refractivity contribution in [2.75, 3.05) is 13.2 Å². The minimum Gasteiger partial charge on any atom is -0.462 e. The molecule has 0 N–H and O–H groups in total. The predicted octanol–water partition coefficient (Wildman–Crippen LogP) is 10.5. The Kier molecular flexibility index (Phi) is 31.2. The van der Waals surface area contributed by atoms with E-state index in [2.05, 4.69) is 45.1 Å². The van der Waals surface area contributed by atoms with Crippen LogP contribution in [0.25, 0.3) is 0 Å². The normalized spacial score (nSPS) is 12.2. The molecule has 0 aromatic rings. The van der Waals surface area contributed by atoms with Crippen LogP contribution >= 0.6 is 0 Å². The van der Waals surface area contributed by atoms with Crippen LogP contribution in [0.1, 0.15) is 175 Å².